The first kappa shape index (κ1) is 19.0. The maximum absolute atomic E-state index is 12.9. The first-order valence-electron chi connectivity index (χ1n) is 9.72. The van der Waals surface area contributed by atoms with E-state index in [-0.39, 0.29) is 12.5 Å². The Morgan fingerprint density at radius 2 is 1.66 bits per heavy atom. The minimum absolute atomic E-state index is 0.0985. The largest absolute Gasteiger partial charge is 0.495 e. The van der Waals surface area contributed by atoms with Crippen LogP contribution in [0.1, 0.15) is 12.0 Å². The summed E-state index contributed by atoms with van der Waals surface area (Å²) in [4.78, 5) is 42.8. The topological polar surface area (TPSA) is 70.2 Å². The van der Waals surface area contributed by atoms with Gasteiger partial charge in [0.1, 0.15) is 12.3 Å². The summed E-state index contributed by atoms with van der Waals surface area (Å²) in [7, 11) is 1.52. The van der Waals surface area contributed by atoms with Gasteiger partial charge in [0, 0.05) is 25.3 Å². The fourth-order valence-corrected chi connectivity index (χ4v) is 3.95. The van der Waals surface area contributed by atoms with E-state index in [2.05, 4.69) is 0 Å². The lowest BCUT2D eigenvalue weighted by Gasteiger charge is -2.36. The predicted molar refractivity (Wildman–Crippen MR) is 109 cm³/mol. The molecule has 0 saturated carbocycles. The summed E-state index contributed by atoms with van der Waals surface area (Å²) in [6, 6.07) is 14.9. The van der Waals surface area contributed by atoms with E-state index < -0.39 is 11.8 Å². The van der Waals surface area contributed by atoms with Crippen molar-refractivity contribution < 1.29 is 19.1 Å². The fraction of sp³-hybridized carbons (Fsp3) is 0.318. The lowest BCUT2D eigenvalue weighted by atomic mass is 10.0. The van der Waals surface area contributed by atoms with E-state index in [9.17, 15) is 14.4 Å². The molecule has 7 heteroatoms. The fourth-order valence-electron chi connectivity index (χ4n) is 3.95. The molecule has 0 spiro atoms. The third kappa shape index (κ3) is 3.55. The SMILES string of the molecule is COc1ccccc1N1CCN(CC(=O)N2CCCc3ccccc32)C(=O)C1=O. The highest BCUT2D eigenvalue weighted by atomic mass is 16.5. The second-order valence-corrected chi connectivity index (χ2v) is 7.13. The molecule has 4 rings (SSSR count). The van der Waals surface area contributed by atoms with Crippen LogP contribution in [0.4, 0.5) is 11.4 Å². The van der Waals surface area contributed by atoms with E-state index in [1.807, 2.05) is 24.3 Å². The molecule has 2 aromatic carbocycles. The number of piperazine rings is 1. The molecule has 2 aromatic rings. The number of aryl methyl sites for hydroxylation is 1. The van der Waals surface area contributed by atoms with Gasteiger partial charge in [-0.25, -0.2) is 0 Å². The Kier molecular flexibility index (Phi) is 5.20. The Morgan fingerprint density at radius 1 is 0.931 bits per heavy atom. The first-order valence-corrected chi connectivity index (χ1v) is 9.72. The van der Waals surface area contributed by atoms with Crippen molar-refractivity contribution in [3.05, 3.63) is 54.1 Å². The zero-order valence-corrected chi connectivity index (χ0v) is 16.3. The molecular weight excluding hydrogens is 370 g/mol. The van der Waals surface area contributed by atoms with Crippen molar-refractivity contribution in [2.24, 2.45) is 0 Å². The maximum atomic E-state index is 12.9. The number of fused-ring (bicyclic) bond motifs is 1. The number of amides is 3. The van der Waals surface area contributed by atoms with Crippen molar-refractivity contribution in [1.29, 1.82) is 0 Å². The zero-order valence-electron chi connectivity index (χ0n) is 16.3. The van der Waals surface area contributed by atoms with E-state index in [4.69, 9.17) is 4.74 Å². The quantitative estimate of drug-likeness (QED) is 0.744. The van der Waals surface area contributed by atoms with E-state index in [1.54, 1.807) is 29.2 Å². The Labute approximate surface area is 169 Å². The van der Waals surface area contributed by atoms with Crippen molar-refractivity contribution in [3.8, 4) is 5.75 Å². The normalized spacial score (nSPS) is 16.7. The van der Waals surface area contributed by atoms with Crippen LogP contribution in [0.15, 0.2) is 48.5 Å². The van der Waals surface area contributed by atoms with Gasteiger partial charge in [0.15, 0.2) is 0 Å². The molecule has 0 atom stereocenters. The van der Waals surface area contributed by atoms with Crippen LogP contribution in [0.2, 0.25) is 0 Å². The highest BCUT2D eigenvalue weighted by Crippen LogP contribution is 2.30. The van der Waals surface area contributed by atoms with Crippen molar-refractivity contribution in [2.75, 3.05) is 43.1 Å². The number of carbonyl (C=O) groups is 3. The number of hydrogen-bond donors (Lipinski definition) is 0. The molecule has 0 radical (unpaired) electrons. The van der Waals surface area contributed by atoms with Crippen molar-refractivity contribution in [3.63, 3.8) is 0 Å². The van der Waals surface area contributed by atoms with Gasteiger partial charge < -0.3 is 14.5 Å². The maximum Gasteiger partial charge on any atom is 0.316 e. The van der Waals surface area contributed by atoms with Gasteiger partial charge in [0.05, 0.1) is 12.8 Å². The number of ether oxygens (including phenoxy) is 1. The van der Waals surface area contributed by atoms with Gasteiger partial charge in [-0.3, -0.25) is 19.3 Å². The molecule has 0 unspecified atom stereocenters. The molecule has 2 heterocycles. The number of methoxy groups -OCH3 is 1. The summed E-state index contributed by atoms with van der Waals surface area (Å²) in [6.07, 6.45) is 1.83. The zero-order chi connectivity index (χ0) is 20.4. The van der Waals surface area contributed by atoms with E-state index >= 15 is 0 Å². The van der Waals surface area contributed by atoms with Gasteiger partial charge in [-0.15, -0.1) is 0 Å². The lowest BCUT2D eigenvalue weighted by molar-refractivity contribution is -0.147. The number of carbonyl (C=O) groups excluding carboxylic acids is 3. The van der Waals surface area contributed by atoms with Crippen molar-refractivity contribution in [2.45, 2.75) is 12.8 Å². The number of para-hydroxylation sites is 3. The summed E-state index contributed by atoms with van der Waals surface area (Å²) in [5, 5.41) is 0. The summed E-state index contributed by atoms with van der Waals surface area (Å²) >= 11 is 0. The summed E-state index contributed by atoms with van der Waals surface area (Å²) in [6.45, 7) is 1.14. The van der Waals surface area contributed by atoms with Gasteiger partial charge in [-0.05, 0) is 36.6 Å². The van der Waals surface area contributed by atoms with Crippen molar-refractivity contribution in [1.82, 2.24) is 4.90 Å². The molecule has 0 aliphatic carbocycles. The summed E-state index contributed by atoms with van der Waals surface area (Å²) < 4.78 is 5.31. The third-order valence-corrected chi connectivity index (χ3v) is 5.42. The first-order chi connectivity index (χ1) is 14.1. The lowest BCUT2D eigenvalue weighted by Crippen LogP contribution is -2.57. The predicted octanol–water partition coefficient (Wildman–Crippen LogP) is 1.85. The molecule has 150 valence electrons. The molecule has 2 aliphatic heterocycles. The molecule has 3 amide bonds. The summed E-state index contributed by atoms with van der Waals surface area (Å²) in [5.41, 5.74) is 2.59. The van der Waals surface area contributed by atoms with Crippen LogP contribution in [-0.2, 0) is 20.8 Å². The number of rotatable bonds is 4. The van der Waals surface area contributed by atoms with E-state index in [1.165, 1.54) is 16.9 Å². The second kappa shape index (κ2) is 7.95. The molecular formula is C22H23N3O4. The number of benzene rings is 2. The Balaban J connectivity index is 1.48. The molecule has 1 saturated heterocycles. The standard InChI is InChI=1S/C22H23N3O4/c1-29-19-11-5-4-10-18(19)25-14-13-23(21(27)22(25)28)15-20(26)24-12-6-8-16-7-2-3-9-17(16)24/h2-5,7,9-11H,6,8,12-15H2,1H3. The smallest absolute Gasteiger partial charge is 0.316 e. The highest BCUT2D eigenvalue weighted by Gasteiger charge is 2.36. The Hall–Kier alpha value is -3.35. The Bertz CT molecular complexity index is 959. The number of hydrogen-bond acceptors (Lipinski definition) is 4. The van der Waals surface area contributed by atoms with E-state index in [0.29, 0.717) is 31.1 Å². The third-order valence-electron chi connectivity index (χ3n) is 5.42. The number of anilines is 2. The average Bonchev–Trinajstić information content (AvgIpc) is 2.76. The van der Waals surface area contributed by atoms with Crippen molar-refractivity contribution >= 4 is 29.1 Å². The Morgan fingerprint density at radius 3 is 2.45 bits per heavy atom. The van der Waals surface area contributed by atoms with Crippen LogP contribution in [0, 0.1) is 0 Å². The monoisotopic (exact) mass is 393 g/mol. The molecule has 7 nitrogen and oxygen atoms in total. The van der Waals surface area contributed by atoms with Gasteiger partial charge in [-0.2, -0.15) is 0 Å². The van der Waals surface area contributed by atoms with Crippen LogP contribution in [-0.4, -0.2) is 55.9 Å². The van der Waals surface area contributed by atoms with Crippen LogP contribution in [0.5, 0.6) is 5.75 Å². The van der Waals surface area contributed by atoms with Gasteiger partial charge in [0.25, 0.3) is 0 Å². The number of nitrogens with zero attached hydrogens (tertiary/aromatic N) is 3. The highest BCUT2D eigenvalue weighted by molar-refractivity contribution is 6.41. The molecule has 2 aliphatic rings. The van der Waals surface area contributed by atoms with Crippen LogP contribution >= 0.6 is 0 Å². The average molecular weight is 393 g/mol. The van der Waals surface area contributed by atoms with Gasteiger partial charge in [-0.1, -0.05) is 30.3 Å². The van der Waals surface area contributed by atoms with Gasteiger partial charge >= 0.3 is 11.8 Å². The van der Waals surface area contributed by atoms with Crippen LogP contribution < -0.4 is 14.5 Å². The van der Waals surface area contributed by atoms with Crippen LogP contribution in [0.25, 0.3) is 0 Å². The molecule has 29 heavy (non-hydrogen) atoms. The second-order valence-electron chi connectivity index (χ2n) is 7.13. The molecule has 0 aromatic heterocycles. The molecule has 1 fully saturated rings. The van der Waals surface area contributed by atoms with E-state index in [0.717, 1.165) is 24.1 Å². The minimum atomic E-state index is -0.666. The minimum Gasteiger partial charge on any atom is -0.495 e. The summed E-state index contributed by atoms with van der Waals surface area (Å²) in [5.74, 6) is -0.944. The van der Waals surface area contributed by atoms with Gasteiger partial charge in [0.2, 0.25) is 5.91 Å². The van der Waals surface area contributed by atoms with Crippen LogP contribution in [0.3, 0.4) is 0 Å². The molecule has 0 bridgehead atoms. The molecule has 0 N–H and O–H groups in total.